The van der Waals surface area contributed by atoms with Crippen molar-refractivity contribution in [2.45, 2.75) is 12.8 Å². The Morgan fingerprint density at radius 2 is 2.21 bits per heavy atom. The predicted octanol–water partition coefficient (Wildman–Crippen LogP) is 0.830. The standard InChI is InChI=1S/C11H17N5O3/c1-19-6-8-2-4-15(5-3-8)11-9(16(17)18)10(12)13-7-14-11/h7-8H,2-6H2,1H3,(H2,12,13,14). The quantitative estimate of drug-likeness (QED) is 0.635. The Labute approximate surface area is 110 Å². The van der Waals surface area contributed by atoms with Crippen LogP contribution in [0.4, 0.5) is 17.3 Å². The van der Waals surface area contributed by atoms with E-state index in [1.807, 2.05) is 4.90 Å². The number of nitrogens with two attached hydrogens (primary N) is 1. The van der Waals surface area contributed by atoms with Gasteiger partial charge in [0.1, 0.15) is 6.33 Å². The lowest BCUT2D eigenvalue weighted by Gasteiger charge is -2.32. The SMILES string of the molecule is COCC1CCN(c2ncnc(N)c2[N+](=O)[O-])CC1. The number of piperidine rings is 1. The first kappa shape index (κ1) is 13.5. The van der Waals surface area contributed by atoms with Crippen LogP contribution in [0.3, 0.4) is 0 Å². The van der Waals surface area contributed by atoms with E-state index in [1.54, 1.807) is 7.11 Å². The Bertz CT molecular complexity index is 460. The van der Waals surface area contributed by atoms with Gasteiger partial charge in [-0.3, -0.25) is 10.1 Å². The van der Waals surface area contributed by atoms with Gasteiger partial charge in [0.05, 0.1) is 4.92 Å². The van der Waals surface area contributed by atoms with Gasteiger partial charge < -0.3 is 15.4 Å². The van der Waals surface area contributed by atoms with Crippen LogP contribution in [0.1, 0.15) is 12.8 Å². The maximum absolute atomic E-state index is 11.1. The molecule has 104 valence electrons. The zero-order valence-electron chi connectivity index (χ0n) is 10.8. The molecule has 0 radical (unpaired) electrons. The summed E-state index contributed by atoms with van der Waals surface area (Å²) in [5.41, 5.74) is 5.36. The van der Waals surface area contributed by atoms with Gasteiger partial charge >= 0.3 is 5.69 Å². The van der Waals surface area contributed by atoms with Gasteiger partial charge in [0.15, 0.2) is 0 Å². The first-order valence-electron chi connectivity index (χ1n) is 6.12. The van der Waals surface area contributed by atoms with E-state index in [0.29, 0.717) is 24.8 Å². The normalized spacial score (nSPS) is 16.6. The van der Waals surface area contributed by atoms with E-state index in [9.17, 15) is 10.1 Å². The maximum atomic E-state index is 11.1. The Hall–Kier alpha value is -1.96. The van der Waals surface area contributed by atoms with Crippen molar-refractivity contribution >= 4 is 17.3 Å². The van der Waals surface area contributed by atoms with E-state index in [-0.39, 0.29) is 11.5 Å². The molecule has 0 aliphatic carbocycles. The summed E-state index contributed by atoms with van der Waals surface area (Å²) in [5, 5.41) is 11.1. The smallest absolute Gasteiger partial charge is 0.353 e. The Kier molecular flexibility index (Phi) is 4.10. The minimum absolute atomic E-state index is 0.0889. The van der Waals surface area contributed by atoms with E-state index in [0.717, 1.165) is 19.4 Å². The summed E-state index contributed by atoms with van der Waals surface area (Å²) in [6.45, 7) is 2.15. The van der Waals surface area contributed by atoms with Crippen LogP contribution >= 0.6 is 0 Å². The van der Waals surface area contributed by atoms with Gasteiger partial charge in [-0.15, -0.1) is 0 Å². The highest BCUT2D eigenvalue weighted by Crippen LogP contribution is 2.32. The summed E-state index contributed by atoms with van der Waals surface area (Å²) in [4.78, 5) is 20.1. The fourth-order valence-corrected chi connectivity index (χ4v) is 2.34. The van der Waals surface area contributed by atoms with Crippen molar-refractivity contribution in [3.05, 3.63) is 16.4 Å². The molecule has 2 heterocycles. The second-order valence-electron chi connectivity index (χ2n) is 4.57. The first-order valence-corrected chi connectivity index (χ1v) is 6.12. The molecule has 1 aromatic rings. The summed E-state index contributed by atoms with van der Waals surface area (Å²) in [6, 6.07) is 0. The molecule has 8 heteroatoms. The molecule has 1 aliphatic rings. The number of nitrogens with zero attached hydrogens (tertiary/aromatic N) is 4. The van der Waals surface area contributed by atoms with Crippen LogP contribution in [0, 0.1) is 16.0 Å². The summed E-state index contributed by atoms with van der Waals surface area (Å²) in [6.07, 6.45) is 3.11. The lowest BCUT2D eigenvalue weighted by Crippen LogP contribution is -2.36. The number of methoxy groups -OCH3 is 1. The molecule has 1 saturated heterocycles. The van der Waals surface area contributed by atoms with Gasteiger partial charge in [-0.2, -0.15) is 0 Å². The van der Waals surface area contributed by atoms with Gasteiger partial charge in [0.25, 0.3) is 0 Å². The first-order chi connectivity index (χ1) is 9.13. The number of rotatable bonds is 4. The average molecular weight is 267 g/mol. The van der Waals surface area contributed by atoms with Crippen LogP contribution in [-0.2, 0) is 4.74 Å². The topological polar surface area (TPSA) is 107 Å². The van der Waals surface area contributed by atoms with Crippen molar-refractivity contribution in [3.8, 4) is 0 Å². The molecule has 1 fully saturated rings. The Balaban J connectivity index is 2.15. The Morgan fingerprint density at radius 3 is 2.79 bits per heavy atom. The van der Waals surface area contributed by atoms with E-state index in [2.05, 4.69) is 9.97 Å². The number of anilines is 2. The van der Waals surface area contributed by atoms with Crippen LogP contribution in [-0.4, -0.2) is 41.7 Å². The third kappa shape index (κ3) is 2.90. The molecule has 2 N–H and O–H groups in total. The fraction of sp³-hybridized carbons (Fsp3) is 0.636. The lowest BCUT2D eigenvalue weighted by molar-refractivity contribution is -0.383. The zero-order chi connectivity index (χ0) is 13.8. The second kappa shape index (κ2) is 5.79. The molecule has 2 rings (SSSR count). The van der Waals surface area contributed by atoms with Gasteiger partial charge in [-0.25, -0.2) is 9.97 Å². The minimum Gasteiger partial charge on any atom is -0.384 e. The summed E-state index contributed by atoms with van der Waals surface area (Å²) in [7, 11) is 1.68. The largest absolute Gasteiger partial charge is 0.384 e. The molecule has 8 nitrogen and oxygen atoms in total. The minimum atomic E-state index is -0.522. The highest BCUT2D eigenvalue weighted by molar-refractivity contribution is 5.68. The van der Waals surface area contributed by atoms with Gasteiger partial charge in [0.2, 0.25) is 11.6 Å². The summed E-state index contributed by atoms with van der Waals surface area (Å²) in [5.74, 6) is 0.724. The van der Waals surface area contributed by atoms with Crippen molar-refractivity contribution in [2.24, 2.45) is 5.92 Å². The van der Waals surface area contributed by atoms with Crippen molar-refractivity contribution in [2.75, 3.05) is 37.4 Å². The second-order valence-corrected chi connectivity index (χ2v) is 4.57. The Morgan fingerprint density at radius 1 is 1.53 bits per heavy atom. The van der Waals surface area contributed by atoms with E-state index in [1.165, 1.54) is 6.33 Å². The molecular weight excluding hydrogens is 250 g/mol. The number of hydrogen-bond acceptors (Lipinski definition) is 7. The van der Waals surface area contributed by atoms with Crippen LogP contribution in [0.25, 0.3) is 0 Å². The van der Waals surface area contributed by atoms with Gasteiger partial charge in [0, 0.05) is 26.8 Å². The van der Waals surface area contributed by atoms with Crippen LogP contribution < -0.4 is 10.6 Å². The molecule has 0 bridgehead atoms. The molecule has 19 heavy (non-hydrogen) atoms. The van der Waals surface area contributed by atoms with E-state index < -0.39 is 4.92 Å². The molecule has 1 aromatic heterocycles. The van der Waals surface area contributed by atoms with Crippen molar-refractivity contribution in [1.29, 1.82) is 0 Å². The summed E-state index contributed by atoms with van der Waals surface area (Å²) >= 11 is 0. The summed E-state index contributed by atoms with van der Waals surface area (Å²) < 4.78 is 5.13. The molecule has 0 unspecified atom stereocenters. The monoisotopic (exact) mass is 267 g/mol. The third-order valence-corrected chi connectivity index (χ3v) is 3.33. The molecule has 0 saturated carbocycles. The third-order valence-electron chi connectivity index (χ3n) is 3.33. The molecule has 0 amide bonds. The van der Waals surface area contributed by atoms with Gasteiger partial charge in [-0.1, -0.05) is 0 Å². The molecular formula is C11H17N5O3. The van der Waals surface area contributed by atoms with Crippen molar-refractivity contribution in [1.82, 2.24) is 9.97 Å². The van der Waals surface area contributed by atoms with E-state index in [4.69, 9.17) is 10.5 Å². The van der Waals surface area contributed by atoms with Crippen LogP contribution in [0.5, 0.6) is 0 Å². The van der Waals surface area contributed by atoms with Crippen molar-refractivity contribution < 1.29 is 9.66 Å². The number of hydrogen-bond donors (Lipinski definition) is 1. The molecule has 0 aromatic carbocycles. The predicted molar refractivity (Wildman–Crippen MR) is 69.9 cm³/mol. The number of nitro groups is 1. The molecule has 1 aliphatic heterocycles. The van der Waals surface area contributed by atoms with E-state index >= 15 is 0 Å². The highest BCUT2D eigenvalue weighted by atomic mass is 16.6. The highest BCUT2D eigenvalue weighted by Gasteiger charge is 2.28. The molecule has 0 atom stereocenters. The number of nitrogen functional groups attached to an aromatic ring is 1. The zero-order valence-corrected chi connectivity index (χ0v) is 10.8. The fourth-order valence-electron chi connectivity index (χ4n) is 2.34. The van der Waals surface area contributed by atoms with Crippen molar-refractivity contribution in [3.63, 3.8) is 0 Å². The van der Waals surface area contributed by atoms with Crippen LogP contribution in [0.2, 0.25) is 0 Å². The number of aromatic nitrogens is 2. The maximum Gasteiger partial charge on any atom is 0.353 e. The number of ether oxygens (including phenoxy) is 1. The lowest BCUT2D eigenvalue weighted by atomic mass is 9.98. The molecule has 0 spiro atoms. The van der Waals surface area contributed by atoms with Gasteiger partial charge in [-0.05, 0) is 18.8 Å². The average Bonchev–Trinajstić information content (AvgIpc) is 2.39. The van der Waals surface area contributed by atoms with Crippen LogP contribution in [0.15, 0.2) is 6.33 Å².